The first-order valence-corrected chi connectivity index (χ1v) is 8.60. The molecule has 1 aliphatic rings. The van der Waals surface area contributed by atoms with Gasteiger partial charge in [0.1, 0.15) is 5.75 Å². The normalized spacial score (nSPS) is 17.7. The molecule has 0 spiro atoms. The molecule has 2 heterocycles. The largest absolute Gasteiger partial charge is 0.435 e. The molecule has 2 N–H and O–H groups in total. The van der Waals surface area contributed by atoms with Crippen LogP contribution in [0.4, 0.5) is 8.78 Å². The summed E-state index contributed by atoms with van der Waals surface area (Å²) in [6, 6.07) is 10.2. The summed E-state index contributed by atoms with van der Waals surface area (Å²) in [6.45, 7) is -1.03. The molecule has 0 unspecified atom stereocenters. The summed E-state index contributed by atoms with van der Waals surface area (Å²) >= 11 is 1.38. The van der Waals surface area contributed by atoms with E-state index in [4.69, 9.17) is 0 Å². The quantitative estimate of drug-likeness (QED) is 0.866. The number of thiophene rings is 1. The van der Waals surface area contributed by atoms with Crippen LogP contribution < -0.4 is 15.4 Å². The third-order valence-electron chi connectivity index (χ3n) is 3.83. The standard InChI is InChI=1S/C17H18F2N2O2S/c18-17(19)23-13-5-3-11(4-6-13)14-7-8-15(24-14)16(22)21-12-2-1-9-20-10-12/h3-8,12,17,20H,1-2,9-10H2,(H,21,22)/t12-/m0/s1. The van der Waals surface area contributed by atoms with E-state index < -0.39 is 6.61 Å². The maximum Gasteiger partial charge on any atom is 0.387 e. The smallest absolute Gasteiger partial charge is 0.387 e. The average Bonchev–Trinajstić information content (AvgIpc) is 3.06. The van der Waals surface area contributed by atoms with E-state index in [1.165, 1.54) is 23.5 Å². The van der Waals surface area contributed by atoms with Crippen molar-refractivity contribution in [2.24, 2.45) is 0 Å². The highest BCUT2D eigenvalue weighted by Gasteiger charge is 2.17. The van der Waals surface area contributed by atoms with Crippen molar-refractivity contribution < 1.29 is 18.3 Å². The summed E-state index contributed by atoms with van der Waals surface area (Å²) in [5.41, 5.74) is 0.861. The Morgan fingerprint density at radius 2 is 2.04 bits per heavy atom. The summed E-state index contributed by atoms with van der Waals surface area (Å²) in [5.74, 6) is 0.0469. The summed E-state index contributed by atoms with van der Waals surface area (Å²) in [7, 11) is 0. The Morgan fingerprint density at radius 3 is 2.71 bits per heavy atom. The maximum absolute atomic E-state index is 12.3. The summed E-state index contributed by atoms with van der Waals surface area (Å²) in [6.07, 6.45) is 2.05. The predicted octanol–water partition coefficient (Wildman–Crippen LogP) is 3.50. The number of ether oxygens (including phenoxy) is 1. The van der Waals surface area contributed by atoms with Gasteiger partial charge in [-0.2, -0.15) is 8.78 Å². The lowest BCUT2D eigenvalue weighted by molar-refractivity contribution is -0.0498. The average molecular weight is 352 g/mol. The molecule has 1 aromatic carbocycles. The molecule has 1 saturated heterocycles. The van der Waals surface area contributed by atoms with Crippen LogP contribution in [0.2, 0.25) is 0 Å². The fraction of sp³-hybridized carbons (Fsp3) is 0.353. The van der Waals surface area contributed by atoms with E-state index in [1.54, 1.807) is 18.2 Å². The second-order valence-corrected chi connectivity index (χ2v) is 6.67. The van der Waals surface area contributed by atoms with Crippen molar-refractivity contribution in [3.63, 3.8) is 0 Å². The topological polar surface area (TPSA) is 50.4 Å². The number of hydrogen-bond acceptors (Lipinski definition) is 4. The number of carbonyl (C=O) groups excluding carboxylic acids is 1. The van der Waals surface area contributed by atoms with E-state index in [1.807, 2.05) is 6.07 Å². The minimum Gasteiger partial charge on any atom is -0.435 e. The second kappa shape index (κ2) is 7.72. The number of rotatable bonds is 5. The molecule has 0 bridgehead atoms. The Morgan fingerprint density at radius 1 is 1.25 bits per heavy atom. The van der Waals surface area contributed by atoms with Gasteiger partial charge in [-0.05, 0) is 61.3 Å². The SMILES string of the molecule is O=C(N[C@H]1CCCNC1)c1ccc(-c2ccc(OC(F)F)cc2)s1. The molecule has 4 nitrogen and oxygen atoms in total. The maximum atomic E-state index is 12.3. The van der Waals surface area contributed by atoms with Gasteiger partial charge >= 0.3 is 6.61 Å². The van der Waals surface area contributed by atoms with Crippen LogP contribution in [0.15, 0.2) is 36.4 Å². The van der Waals surface area contributed by atoms with E-state index in [0.717, 1.165) is 36.4 Å². The highest BCUT2D eigenvalue weighted by Crippen LogP contribution is 2.30. The number of halogens is 2. The first-order valence-electron chi connectivity index (χ1n) is 7.78. The molecular formula is C17H18F2N2O2S. The summed E-state index contributed by atoms with van der Waals surface area (Å²) < 4.78 is 28.7. The second-order valence-electron chi connectivity index (χ2n) is 5.58. The van der Waals surface area contributed by atoms with Gasteiger partial charge in [0.05, 0.1) is 4.88 Å². The van der Waals surface area contributed by atoms with Gasteiger partial charge in [-0.1, -0.05) is 0 Å². The van der Waals surface area contributed by atoms with Gasteiger partial charge in [0.25, 0.3) is 5.91 Å². The zero-order valence-electron chi connectivity index (χ0n) is 12.9. The van der Waals surface area contributed by atoms with Crippen molar-refractivity contribution in [2.75, 3.05) is 13.1 Å². The van der Waals surface area contributed by atoms with Crippen molar-refractivity contribution in [3.05, 3.63) is 41.3 Å². The van der Waals surface area contributed by atoms with Crippen molar-refractivity contribution in [2.45, 2.75) is 25.5 Å². The predicted molar refractivity (Wildman–Crippen MR) is 89.7 cm³/mol. The molecule has 3 rings (SSSR count). The molecule has 1 amide bonds. The Hall–Kier alpha value is -1.99. The van der Waals surface area contributed by atoms with Crippen LogP contribution in [0.3, 0.4) is 0 Å². The molecule has 2 aromatic rings. The zero-order valence-corrected chi connectivity index (χ0v) is 13.7. The van der Waals surface area contributed by atoms with Gasteiger partial charge < -0.3 is 15.4 Å². The van der Waals surface area contributed by atoms with Crippen LogP contribution in [0.1, 0.15) is 22.5 Å². The number of benzene rings is 1. The van der Waals surface area contributed by atoms with Crippen LogP contribution in [0, 0.1) is 0 Å². The van der Waals surface area contributed by atoms with Crippen molar-refractivity contribution in [1.82, 2.24) is 10.6 Å². The molecular weight excluding hydrogens is 334 g/mol. The van der Waals surface area contributed by atoms with Gasteiger partial charge in [0.2, 0.25) is 0 Å². The lowest BCUT2D eigenvalue weighted by Crippen LogP contribution is -2.45. The fourth-order valence-electron chi connectivity index (χ4n) is 2.65. The van der Waals surface area contributed by atoms with E-state index >= 15 is 0 Å². The van der Waals surface area contributed by atoms with Crippen molar-refractivity contribution in [1.29, 1.82) is 0 Å². The monoisotopic (exact) mass is 352 g/mol. The molecule has 1 fully saturated rings. The molecule has 1 atom stereocenters. The van der Waals surface area contributed by atoms with Crippen LogP contribution in [0.25, 0.3) is 10.4 Å². The first kappa shape index (κ1) is 16.9. The lowest BCUT2D eigenvalue weighted by Gasteiger charge is -2.23. The van der Waals surface area contributed by atoms with E-state index in [2.05, 4.69) is 15.4 Å². The van der Waals surface area contributed by atoms with Crippen LogP contribution in [0.5, 0.6) is 5.75 Å². The van der Waals surface area contributed by atoms with Gasteiger partial charge in [0.15, 0.2) is 0 Å². The highest BCUT2D eigenvalue weighted by atomic mass is 32.1. The van der Waals surface area contributed by atoms with Crippen molar-refractivity contribution >= 4 is 17.2 Å². The molecule has 0 saturated carbocycles. The molecule has 0 aliphatic carbocycles. The molecule has 128 valence electrons. The number of carbonyl (C=O) groups is 1. The third kappa shape index (κ3) is 4.30. The minimum absolute atomic E-state index is 0.0717. The summed E-state index contributed by atoms with van der Waals surface area (Å²) in [5, 5.41) is 6.30. The Kier molecular flexibility index (Phi) is 5.42. The Labute approximate surface area is 142 Å². The highest BCUT2D eigenvalue weighted by molar-refractivity contribution is 7.17. The Balaban J connectivity index is 1.65. The first-order chi connectivity index (χ1) is 11.6. The van der Waals surface area contributed by atoms with E-state index in [-0.39, 0.29) is 17.7 Å². The number of alkyl halides is 2. The number of hydrogen-bond donors (Lipinski definition) is 2. The fourth-order valence-corrected chi connectivity index (χ4v) is 3.56. The van der Waals surface area contributed by atoms with E-state index in [0.29, 0.717) is 4.88 Å². The zero-order chi connectivity index (χ0) is 16.9. The number of nitrogens with one attached hydrogen (secondary N) is 2. The minimum atomic E-state index is -2.83. The van der Waals surface area contributed by atoms with Crippen LogP contribution in [-0.4, -0.2) is 31.7 Å². The third-order valence-corrected chi connectivity index (χ3v) is 4.96. The lowest BCUT2D eigenvalue weighted by atomic mass is 10.1. The van der Waals surface area contributed by atoms with Gasteiger partial charge in [-0.25, -0.2) is 0 Å². The molecule has 0 radical (unpaired) electrons. The van der Waals surface area contributed by atoms with E-state index in [9.17, 15) is 13.6 Å². The Bertz CT molecular complexity index is 682. The van der Waals surface area contributed by atoms with Crippen LogP contribution >= 0.6 is 11.3 Å². The van der Waals surface area contributed by atoms with Gasteiger partial charge in [0, 0.05) is 17.5 Å². The van der Waals surface area contributed by atoms with Crippen molar-refractivity contribution in [3.8, 4) is 16.2 Å². The molecule has 1 aromatic heterocycles. The van der Waals surface area contributed by atoms with Gasteiger partial charge in [-0.15, -0.1) is 11.3 Å². The molecule has 1 aliphatic heterocycles. The molecule has 7 heteroatoms. The van der Waals surface area contributed by atoms with Gasteiger partial charge in [-0.3, -0.25) is 4.79 Å². The summed E-state index contributed by atoms with van der Waals surface area (Å²) in [4.78, 5) is 13.9. The number of amides is 1. The molecule has 24 heavy (non-hydrogen) atoms. The van der Waals surface area contributed by atoms with Crippen LogP contribution in [-0.2, 0) is 0 Å². The number of piperidine rings is 1.